The lowest BCUT2D eigenvalue weighted by atomic mass is 9.96. The van der Waals surface area contributed by atoms with Crippen LogP contribution in [-0.4, -0.2) is 15.0 Å². The van der Waals surface area contributed by atoms with Gasteiger partial charge in [-0.05, 0) is 29.8 Å². The van der Waals surface area contributed by atoms with Crippen molar-refractivity contribution in [3.8, 4) is 33.6 Å². The van der Waals surface area contributed by atoms with Crippen molar-refractivity contribution in [3.63, 3.8) is 0 Å². The summed E-state index contributed by atoms with van der Waals surface area (Å²) in [6.45, 7) is 0.529. The molecule has 4 heteroatoms. The van der Waals surface area contributed by atoms with E-state index in [-0.39, 0.29) is 0 Å². The summed E-state index contributed by atoms with van der Waals surface area (Å²) in [6, 6.07) is 20.2. The molecule has 1 aromatic carbocycles. The van der Waals surface area contributed by atoms with E-state index in [9.17, 15) is 0 Å². The second kappa shape index (κ2) is 7.25. The van der Waals surface area contributed by atoms with Crippen LogP contribution in [0.15, 0.2) is 85.5 Å². The largest absolute Gasteiger partial charge is 0.326 e. The summed E-state index contributed by atoms with van der Waals surface area (Å²) in [5.41, 5.74) is 12.7. The minimum atomic E-state index is 0.529. The molecule has 0 fully saturated rings. The van der Waals surface area contributed by atoms with Gasteiger partial charge in [-0.2, -0.15) is 0 Å². The average molecular weight is 338 g/mol. The van der Waals surface area contributed by atoms with Crippen LogP contribution < -0.4 is 5.73 Å². The number of pyridine rings is 3. The molecule has 3 heterocycles. The Morgan fingerprint density at radius 3 is 2.04 bits per heavy atom. The Morgan fingerprint density at radius 2 is 1.35 bits per heavy atom. The van der Waals surface area contributed by atoms with Crippen molar-refractivity contribution in [1.29, 1.82) is 0 Å². The van der Waals surface area contributed by atoms with Crippen LogP contribution >= 0.6 is 0 Å². The van der Waals surface area contributed by atoms with Gasteiger partial charge in [0.15, 0.2) is 0 Å². The van der Waals surface area contributed by atoms with Crippen molar-refractivity contribution in [1.82, 2.24) is 15.0 Å². The van der Waals surface area contributed by atoms with Crippen molar-refractivity contribution in [2.24, 2.45) is 5.73 Å². The third-order valence-electron chi connectivity index (χ3n) is 4.31. The highest BCUT2D eigenvalue weighted by Gasteiger charge is 2.14. The summed E-state index contributed by atoms with van der Waals surface area (Å²) in [4.78, 5) is 13.5. The van der Waals surface area contributed by atoms with Gasteiger partial charge in [0.05, 0.1) is 11.4 Å². The van der Waals surface area contributed by atoms with E-state index in [1.54, 1.807) is 6.20 Å². The second-order valence-corrected chi connectivity index (χ2v) is 5.94. The number of nitrogens with two attached hydrogens (primary N) is 1. The van der Waals surface area contributed by atoms with Crippen molar-refractivity contribution in [2.45, 2.75) is 6.54 Å². The maximum absolute atomic E-state index is 5.71. The first-order valence-corrected chi connectivity index (χ1v) is 8.47. The maximum Gasteiger partial charge on any atom is 0.0802 e. The van der Waals surface area contributed by atoms with Crippen LogP contribution in [0.5, 0.6) is 0 Å². The predicted octanol–water partition coefficient (Wildman–Crippen LogP) is 4.33. The number of nitrogens with zero attached hydrogens (tertiary/aromatic N) is 3. The summed E-state index contributed by atoms with van der Waals surface area (Å²) in [7, 11) is 0. The molecule has 0 atom stereocenters. The zero-order valence-corrected chi connectivity index (χ0v) is 14.2. The SMILES string of the molecule is NCc1ccc(-c2ncccc2-c2ncccc2-c2cccnc2)cc1. The van der Waals surface area contributed by atoms with Crippen LogP contribution in [0.4, 0.5) is 0 Å². The molecule has 0 spiro atoms. The average Bonchev–Trinajstić information content (AvgIpc) is 2.74. The first kappa shape index (κ1) is 16.1. The Labute approximate surface area is 152 Å². The van der Waals surface area contributed by atoms with Gasteiger partial charge in [0.25, 0.3) is 0 Å². The molecule has 0 aliphatic carbocycles. The zero-order chi connectivity index (χ0) is 17.8. The molecule has 4 nitrogen and oxygen atoms in total. The van der Waals surface area contributed by atoms with Crippen molar-refractivity contribution < 1.29 is 0 Å². The lowest BCUT2D eigenvalue weighted by Gasteiger charge is -2.12. The summed E-state index contributed by atoms with van der Waals surface area (Å²) in [6.07, 6.45) is 7.24. The smallest absolute Gasteiger partial charge is 0.0802 e. The zero-order valence-electron chi connectivity index (χ0n) is 14.2. The van der Waals surface area contributed by atoms with E-state index in [0.29, 0.717) is 6.54 Å². The summed E-state index contributed by atoms with van der Waals surface area (Å²) in [5, 5.41) is 0. The Kier molecular flexibility index (Phi) is 4.50. The van der Waals surface area contributed by atoms with Gasteiger partial charge in [0, 0.05) is 53.6 Å². The minimum Gasteiger partial charge on any atom is -0.326 e. The second-order valence-electron chi connectivity index (χ2n) is 5.94. The van der Waals surface area contributed by atoms with Gasteiger partial charge in [0.2, 0.25) is 0 Å². The Balaban J connectivity index is 1.88. The van der Waals surface area contributed by atoms with Crippen LogP contribution in [0.25, 0.3) is 33.6 Å². The Bertz CT molecular complexity index is 1010. The molecular weight excluding hydrogens is 320 g/mol. The maximum atomic E-state index is 5.71. The summed E-state index contributed by atoms with van der Waals surface area (Å²) >= 11 is 0. The topological polar surface area (TPSA) is 64.7 Å². The van der Waals surface area contributed by atoms with Crippen molar-refractivity contribution in [2.75, 3.05) is 0 Å². The quantitative estimate of drug-likeness (QED) is 0.601. The van der Waals surface area contributed by atoms with Crippen molar-refractivity contribution >= 4 is 0 Å². The van der Waals surface area contributed by atoms with Crippen LogP contribution in [0, 0.1) is 0 Å². The first-order chi connectivity index (χ1) is 12.9. The molecule has 0 saturated heterocycles. The molecule has 0 saturated carbocycles. The van der Waals surface area contributed by atoms with E-state index in [0.717, 1.165) is 39.2 Å². The van der Waals surface area contributed by atoms with Gasteiger partial charge >= 0.3 is 0 Å². The van der Waals surface area contributed by atoms with Crippen LogP contribution in [0.3, 0.4) is 0 Å². The molecule has 126 valence electrons. The molecule has 26 heavy (non-hydrogen) atoms. The number of hydrogen-bond donors (Lipinski definition) is 1. The van der Waals surface area contributed by atoms with Gasteiger partial charge in [-0.1, -0.05) is 36.4 Å². The molecule has 0 aliphatic heterocycles. The third-order valence-corrected chi connectivity index (χ3v) is 4.31. The third kappa shape index (κ3) is 3.10. The fourth-order valence-corrected chi connectivity index (χ4v) is 3.00. The van der Waals surface area contributed by atoms with Crippen molar-refractivity contribution in [3.05, 3.63) is 91.0 Å². The monoisotopic (exact) mass is 338 g/mol. The molecule has 3 aromatic heterocycles. The molecule has 0 bridgehead atoms. The normalized spacial score (nSPS) is 10.7. The highest BCUT2D eigenvalue weighted by molar-refractivity contribution is 5.87. The lowest BCUT2D eigenvalue weighted by molar-refractivity contribution is 1.07. The highest BCUT2D eigenvalue weighted by Crippen LogP contribution is 2.35. The molecule has 4 rings (SSSR count). The van der Waals surface area contributed by atoms with Crippen LogP contribution in [-0.2, 0) is 6.54 Å². The van der Waals surface area contributed by atoms with Crippen LogP contribution in [0.2, 0.25) is 0 Å². The van der Waals surface area contributed by atoms with E-state index >= 15 is 0 Å². The predicted molar refractivity (Wildman–Crippen MR) is 104 cm³/mol. The molecule has 0 radical (unpaired) electrons. The summed E-state index contributed by atoms with van der Waals surface area (Å²) < 4.78 is 0. The van der Waals surface area contributed by atoms with Crippen LogP contribution in [0.1, 0.15) is 5.56 Å². The van der Waals surface area contributed by atoms with Gasteiger partial charge in [-0.15, -0.1) is 0 Å². The van der Waals surface area contributed by atoms with E-state index in [4.69, 9.17) is 5.73 Å². The standard InChI is InChI=1S/C22H18N4/c23-14-16-7-9-17(10-8-16)21-20(6-3-12-25-21)22-19(5-2-13-26-22)18-4-1-11-24-15-18/h1-13,15H,14,23H2. The van der Waals surface area contributed by atoms with E-state index in [1.807, 2.05) is 55.0 Å². The highest BCUT2D eigenvalue weighted by atomic mass is 14.7. The number of rotatable bonds is 4. The minimum absolute atomic E-state index is 0.529. The summed E-state index contributed by atoms with van der Waals surface area (Å²) in [5.74, 6) is 0. The number of hydrogen-bond acceptors (Lipinski definition) is 4. The molecule has 0 aliphatic rings. The molecule has 2 N–H and O–H groups in total. The van der Waals surface area contributed by atoms with Gasteiger partial charge in [-0.3, -0.25) is 15.0 Å². The van der Waals surface area contributed by atoms with Gasteiger partial charge in [-0.25, -0.2) is 0 Å². The fourth-order valence-electron chi connectivity index (χ4n) is 3.00. The molecular formula is C22H18N4. The molecule has 0 amide bonds. The first-order valence-electron chi connectivity index (χ1n) is 8.47. The van der Waals surface area contributed by atoms with E-state index in [1.165, 1.54) is 0 Å². The van der Waals surface area contributed by atoms with E-state index in [2.05, 4.69) is 39.2 Å². The number of aromatic nitrogens is 3. The number of benzene rings is 1. The molecule has 0 unspecified atom stereocenters. The van der Waals surface area contributed by atoms with E-state index < -0.39 is 0 Å². The van der Waals surface area contributed by atoms with Gasteiger partial charge < -0.3 is 5.73 Å². The molecule has 4 aromatic rings. The Morgan fingerprint density at radius 1 is 0.654 bits per heavy atom. The fraction of sp³-hybridized carbons (Fsp3) is 0.0455. The van der Waals surface area contributed by atoms with Gasteiger partial charge in [0.1, 0.15) is 0 Å². The lowest BCUT2D eigenvalue weighted by Crippen LogP contribution is -1.97. The Hall–Kier alpha value is -3.37.